The molecule has 0 radical (unpaired) electrons. The summed E-state index contributed by atoms with van der Waals surface area (Å²) in [6.07, 6.45) is 4.18. The van der Waals surface area contributed by atoms with Gasteiger partial charge in [0.25, 0.3) is 0 Å². The van der Waals surface area contributed by atoms with E-state index in [0.29, 0.717) is 0 Å². The highest BCUT2D eigenvalue weighted by Crippen LogP contribution is 2.07. The van der Waals surface area contributed by atoms with Gasteiger partial charge >= 0.3 is 0 Å². The molecule has 2 rings (SSSR count). The van der Waals surface area contributed by atoms with Crippen LogP contribution in [0, 0.1) is 5.82 Å². The van der Waals surface area contributed by atoms with Gasteiger partial charge in [0, 0.05) is 25.5 Å². The predicted molar refractivity (Wildman–Crippen MR) is 87.7 cm³/mol. The fourth-order valence-corrected chi connectivity index (χ4v) is 2.74. The Labute approximate surface area is 140 Å². The molecule has 0 aliphatic heterocycles. The van der Waals surface area contributed by atoms with Gasteiger partial charge in [-0.2, -0.15) is 4.31 Å². The van der Waals surface area contributed by atoms with Crippen LogP contribution < -0.4 is 5.32 Å². The molecule has 1 aromatic heterocycles. The minimum Gasteiger partial charge on any atom is -0.351 e. The number of carbonyl (C=O) groups is 1. The molecular weight excluding hydrogens is 333 g/mol. The van der Waals surface area contributed by atoms with Crippen molar-refractivity contribution >= 4 is 15.9 Å². The minimum absolute atomic E-state index is 0.0886. The number of aromatic nitrogens is 1. The summed E-state index contributed by atoms with van der Waals surface area (Å²) < 4.78 is 37.7. The molecule has 0 saturated heterocycles. The van der Waals surface area contributed by atoms with Gasteiger partial charge in [-0.1, -0.05) is 12.1 Å². The van der Waals surface area contributed by atoms with Crippen molar-refractivity contribution in [3.63, 3.8) is 0 Å². The van der Waals surface area contributed by atoms with E-state index in [0.717, 1.165) is 21.7 Å². The fraction of sp³-hybridized carbons (Fsp3) is 0.250. The van der Waals surface area contributed by atoms with Gasteiger partial charge in [-0.3, -0.25) is 9.78 Å². The summed E-state index contributed by atoms with van der Waals surface area (Å²) in [5.41, 5.74) is 1.46. The number of benzene rings is 1. The Bertz CT molecular complexity index is 780. The zero-order valence-corrected chi connectivity index (χ0v) is 14.0. The molecule has 24 heavy (non-hydrogen) atoms. The van der Waals surface area contributed by atoms with Crippen LogP contribution in [0.1, 0.15) is 11.1 Å². The summed E-state index contributed by atoms with van der Waals surface area (Å²) in [6, 6.07) is 9.09. The van der Waals surface area contributed by atoms with E-state index in [4.69, 9.17) is 0 Å². The maximum absolute atomic E-state index is 12.8. The molecule has 8 heteroatoms. The molecule has 2 aromatic rings. The van der Waals surface area contributed by atoms with Gasteiger partial charge in [-0.25, -0.2) is 12.8 Å². The molecule has 0 spiro atoms. The maximum Gasteiger partial charge on any atom is 0.235 e. The van der Waals surface area contributed by atoms with Crippen LogP contribution >= 0.6 is 0 Å². The van der Waals surface area contributed by atoms with Crippen molar-refractivity contribution in [1.82, 2.24) is 14.6 Å². The molecule has 0 aliphatic rings. The summed E-state index contributed by atoms with van der Waals surface area (Å²) in [6.45, 7) is -0.000353. The summed E-state index contributed by atoms with van der Waals surface area (Å²) in [5.74, 6) is -0.788. The third-order valence-electron chi connectivity index (χ3n) is 3.30. The first kappa shape index (κ1) is 18.0. The zero-order chi connectivity index (χ0) is 17.6. The lowest BCUT2D eigenvalue weighted by Gasteiger charge is -2.19. The molecule has 0 atom stereocenters. The van der Waals surface area contributed by atoms with Crippen molar-refractivity contribution in [2.45, 2.75) is 13.1 Å². The smallest absolute Gasteiger partial charge is 0.235 e. The van der Waals surface area contributed by atoms with E-state index in [-0.39, 0.29) is 25.5 Å². The summed E-state index contributed by atoms with van der Waals surface area (Å²) in [5, 5.41) is 2.63. The van der Waals surface area contributed by atoms with Crippen LogP contribution in [0.4, 0.5) is 4.39 Å². The zero-order valence-electron chi connectivity index (χ0n) is 13.1. The number of rotatable bonds is 7. The summed E-state index contributed by atoms with van der Waals surface area (Å²) in [7, 11) is -3.54. The lowest BCUT2D eigenvalue weighted by molar-refractivity contribution is -0.121. The van der Waals surface area contributed by atoms with E-state index >= 15 is 0 Å². The molecule has 0 saturated carbocycles. The van der Waals surface area contributed by atoms with Crippen LogP contribution in [0.3, 0.4) is 0 Å². The van der Waals surface area contributed by atoms with Crippen molar-refractivity contribution in [3.05, 3.63) is 65.7 Å². The van der Waals surface area contributed by atoms with E-state index in [9.17, 15) is 17.6 Å². The first-order valence-electron chi connectivity index (χ1n) is 7.20. The highest BCUT2D eigenvalue weighted by Gasteiger charge is 2.20. The normalized spacial score (nSPS) is 11.5. The van der Waals surface area contributed by atoms with Crippen molar-refractivity contribution in [2.75, 3.05) is 12.8 Å². The Morgan fingerprint density at radius 2 is 1.75 bits per heavy atom. The predicted octanol–water partition coefficient (Wildman–Crippen LogP) is 1.30. The quantitative estimate of drug-likeness (QED) is 0.815. The number of sulfonamides is 1. The lowest BCUT2D eigenvalue weighted by atomic mass is 10.2. The molecule has 128 valence electrons. The number of nitrogens with one attached hydrogen (secondary N) is 1. The average Bonchev–Trinajstić information content (AvgIpc) is 2.54. The molecule has 1 N–H and O–H groups in total. The van der Waals surface area contributed by atoms with E-state index in [1.54, 1.807) is 36.7 Å². The first-order chi connectivity index (χ1) is 11.3. The number of pyridine rings is 1. The second-order valence-corrected chi connectivity index (χ2v) is 7.27. The summed E-state index contributed by atoms with van der Waals surface area (Å²) >= 11 is 0. The van der Waals surface area contributed by atoms with E-state index < -0.39 is 15.9 Å². The van der Waals surface area contributed by atoms with Crippen LogP contribution in [0.2, 0.25) is 0 Å². The van der Waals surface area contributed by atoms with Crippen LogP contribution in [-0.2, 0) is 27.9 Å². The van der Waals surface area contributed by atoms with E-state index in [2.05, 4.69) is 10.3 Å². The Kier molecular flexibility index (Phi) is 5.99. The van der Waals surface area contributed by atoms with E-state index in [1.165, 1.54) is 12.1 Å². The standard InChI is InChI=1S/C16H18FN3O3S/c1-24(22,23)20(11-14-6-8-18-9-7-14)12-16(21)19-10-13-2-4-15(17)5-3-13/h2-9H,10-12H2,1H3,(H,19,21). The molecule has 1 amide bonds. The van der Waals surface area contributed by atoms with Crippen LogP contribution in [0.25, 0.3) is 0 Å². The molecule has 1 heterocycles. The molecule has 0 fully saturated rings. The van der Waals surface area contributed by atoms with Crippen molar-refractivity contribution in [3.8, 4) is 0 Å². The van der Waals surface area contributed by atoms with Gasteiger partial charge in [-0.15, -0.1) is 0 Å². The van der Waals surface area contributed by atoms with Gasteiger partial charge in [0.1, 0.15) is 5.82 Å². The second kappa shape index (κ2) is 7.98. The SMILES string of the molecule is CS(=O)(=O)N(CC(=O)NCc1ccc(F)cc1)Cc1ccncc1. The number of hydrogen-bond donors (Lipinski definition) is 1. The summed E-state index contributed by atoms with van der Waals surface area (Å²) in [4.78, 5) is 15.9. The largest absolute Gasteiger partial charge is 0.351 e. The molecule has 0 unspecified atom stereocenters. The van der Waals surface area contributed by atoms with Crippen LogP contribution in [-0.4, -0.2) is 36.4 Å². The topological polar surface area (TPSA) is 79.4 Å². The van der Waals surface area contributed by atoms with Crippen molar-refractivity contribution in [1.29, 1.82) is 0 Å². The first-order valence-corrected chi connectivity index (χ1v) is 9.04. The number of hydrogen-bond acceptors (Lipinski definition) is 4. The highest BCUT2D eigenvalue weighted by molar-refractivity contribution is 7.88. The third-order valence-corrected chi connectivity index (χ3v) is 4.50. The van der Waals surface area contributed by atoms with Crippen molar-refractivity contribution < 1.29 is 17.6 Å². The van der Waals surface area contributed by atoms with Gasteiger partial charge < -0.3 is 5.32 Å². The van der Waals surface area contributed by atoms with Gasteiger partial charge in [0.05, 0.1) is 12.8 Å². The lowest BCUT2D eigenvalue weighted by Crippen LogP contribution is -2.39. The minimum atomic E-state index is -3.54. The molecule has 1 aromatic carbocycles. The van der Waals surface area contributed by atoms with Gasteiger partial charge in [0.2, 0.25) is 15.9 Å². The number of nitrogens with zero attached hydrogens (tertiary/aromatic N) is 2. The van der Waals surface area contributed by atoms with Gasteiger partial charge in [0.15, 0.2) is 0 Å². The molecule has 0 bridgehead atoms. The Morgan fingerprint density at radius 3 is 2.33 bits per heavy atom. The molecule has 6 nitrogen and oxygen atoms in total. The van der Waals surface area contributed by atoms with Crippen LogP contribution in [0.15, 0.2) is 48.8 Å². The maximum atomic E-state index is 12.8. The molecular formula is C16H18FN3O3S. The Hall–Kier alpha value is -2.32. The second-order valence-electron chi connectivity index (χ2n) is 5.29. The third kappa shape index (κ3) is 5.71. The van der Waals surface area contributed by atoms with Crippen LogP contribution in [0.5, 0.6) is 0 Å². The average molecular weight is 351 g/mol. The number of halogens is 1. The molecule has 0 aliphatic carbocycles. The number of carbonyl (C=O) groups excluding carboxylic acids is 1. The Balaban J connectivity index is 1.96. The van der Waals surface area contributed by atoms with Crippen molar-refractivity contribution in [2.24, 2.45) is 0 Å². The highest BCUT2D eigenvalue weighted by atomic mass is 32.2. The Morgan fingerprint density at radius 1 is 1.12 bits per heavy atom. The van der Waals surface area contributed by atoms with Gasteiger partial charge in [-0.05, 0) is 35.4 Å². The number of amides is 1. The fourth-order valence-electron chi connectivity index (χ4n) is 2.00. The monoisotopic (exact) mass is 351 g/mol. The van der Waals surface area contributed by atoms with E-state index in [1.807, 2.05) is 0 Å².